The van der Waals surface area contributed by atoms with Gasteiger partial charge in [0.2, 0.25) is 0 Å². The van der Waals surface area contributed by atoms with Crippen LogP contribution < -0.4 is 0 Å². The van der Waals surface area contributed by atoms with Gasteiger partial charge in [-0.15, -0.1) is 0 Å². The summed E-state index contributed by atoms with van der Waals surface area (Å²) in [4.78, 5) is 4.22. The zero-order valence-electron chi connectivity index (χ0n) is 7.50. The molecule has 0 bridgehead atoms. The SMILES string of the molecule is Cn1cc(Br)nc1CC(C)(C)O. The second kappa shape index (κ2) is 3.18. The van der Waals surface area contributed by atoms with Crippen LogP contribution in [0.25, 0.3) is 0 Å². The Bertz CT molecular complexity index is 275. The molecule has 0 aliphatic carbocycles. The first kappa shape index (κ1) is 9.74. The Hall–Kier alpha value is -0.350. The van der Waals surface area contributed by atoms with E-state index in [4.69, 9.17) is 0 Å². The van der Waals surface area contributed by atoms with Crippen LogP contribution in [0.15, 0.2) is 10.8 Å². The Balaban J connectivity index is 2.82. The lowest BCUT2D eigenvalue weighted by molar-refractivity contribution is 0.0780. The Labute approximate surface area is 80.6 Å². The number of halogens is 1. The molecule has 3 nitrogen and oxygen atoms in total. The molecular weight excluding hydrogens is 220 g/mol. The van der Waals surface area contributed by atoms with Crippen molar-refractivity contribution in [2.24, 2.45) is 7.05 Å². The predicted octanol–water partition coefficient (Wildman–Crippen LogP) is 1.50. The average Bonchev–Trinajstić information content (AvgIpc) is 2.06. The molecule has 0 fully saturated rings. The van der Waals surface area contributed by atoms with Crippen LogP contribution in [0, 0.1) is 0 Å². The first-order valence-electron chi connectivity index (χ1n) is 3.78. The third-order valence-electron chi connectivity index (χ3n) is 1.53. The number of aryl methyl sites for hydroxylation is 1. The number of hydrogen-bond donors (Lipinski definition) is 1. The summed E-state index contributed by atoms with van der Waals surface area (Å²) >= 11 is 3.28. The van der Waals surface area contributed by atoms with Crippen LogP contribution in [-0.2, 0) is 13.5 Å². The number of aliphatic hydroxyl groups is 1. The minimum Gasteiger partial charge on any atom is -0.390 e. The van der Waals surface area contributed by atoms with Crippen LogP contribution in [0.3, 0.4) is 0 Å². The van der Waals surface area contributed by atoms with Crippen molar-refractivity contribution < 1.29 is 5.11 Å². The Morgan fingerprint density at radius 1 is 1.67 bits per heavy atom. The van der Waals surface area contributed by atoms with Gasteiger partial charge in [-0.2, -0.15) is 0 Å². The molecule has 0 aliphatic rings. The lowest BCUT2D eigenvalue weighted by atomic mass is 10.1. The molecule has 4 heteroatoms. The summed E-state index contributed by atoms with van der Waals surface area (Å²) in [6, 6.07) is 0. The first-order chi connectivity index (χ1) is 5.38. The largest absolute Gasteiger partial charge is 0.390 e. The van der Waals surface area contributed by atoms with Crippen molar-refractivity contribution in [1.29, 1.82) is 0 Å². The van der Waals surface area contributed by atoms with Gasteiger partial charge in [-0.1, -0.05) is 0 Å². The third-order valence-corrected chi connectivity index (χ3v) is 1.92. The van der Waals surface area contributed by atoms with Crippen molar-refractivity contribution in [3.8, 4) is 0 Å². The number of nitrogens with zero attached hydrogens (tertiary/aromatic N) is 2. The van der Waals surface area contributed by atoms with Crippen molar-refractivity contribution in [3.63, 3.8) is 0 Å². The molecule has 0 aromatic carbocycles. The number of aromatic nitrogens is 2. The maximum atomic E-state index is 9.54. The molecule has 1 N–H and O–H groups in total. The van der Waals surface area contributed by atoms with E-state index in [2.05, 4.69) is 20.9 Å². The highest BCUT2D eigenvalue weighted by molar-refractivity contribution is 9.10. The number of rotatable bonds is 2. The zero-order valence-corrected chi connectivity index (χ0v) is 9.09. The van der Waals surface area contributed by atoms with Gasteiger partial charge in [0, 0.05) is 19.7 Å². The lowest BCUT2D eigenvalue weighted by Gasteiger charge is -2.15. The van der Waals surface area contributed by atoms with Gasteiger partial charge in [-0.25, -0.2) is 4.98 Å². The molecular formula is C8H13BrN2O. The highest BCUT2D eigenvalue weighted by Crippen LogP contribution is 2.14. The summed E-state index contributed by atoms with van der Waals surface area (Å²) in [6.45, 7) is 3.55. The van der Waals surface area contributed by atoms with Crippen molar-refractivity contribution in [1.82, 2.24) is 9.55 Å². The standard InChI is InChI=1S/C8H13BrN2O/c1-8(2,12)4-7-10-6(9)5-11(7)3/h5,12H,4H2,1-3H3. The van der Waals surface area contributed by atoms with E-state index in [1.807, 2.05) is 17.8 Å². The average molecular weight is 233 g/mol. The molecule has 68 valence electrons. The van der Waals surface area contributed by atoms with Crippen molar-refractivity contribution >= 4 is 15.9 Å². The topological polar surface area (TPSA) is 38.0 Å². The summed E-state index contributed by atoms with van der Waals surface area (Å²) in [7, 11) is 1.92. The van der Waals surface area contributed by atoms with Crippen LogP contribution in [0.2, 0.25) is 0 Å². The summed E-state index contributed by atoms with van der Waals surface area (Å²) in [5, 5.41) is 9.54. The molecule has 0 atom stereocenters. The lowest BCUT2D eigenvalue weighted by Crippen LogP contribution is -2.23. The maximum absolute atomic E-state index is 9.54. The molecule has 0 unspecified atom stereocenters. The summed E-state index contributed by atoms with van der Waals surface area (Å²) < 4.78 is 2.71. The second-order valence-corrected chi connectivity index (χ2v) is 4.39. The van der Waals surface area contributed by atoms with Crippen molar-refractivity contribution in [3.05, 3.63) is 16.6 Å². The Kier molecular flexibility index (Phi) is 2.58. The van der Waals surface area contributed by atoms with E-state index in [0.29, 0.717) is 6.42 Å². The molecule has 1 rings (SSSR count). The quantitative estimate of drug-likeness (QED) is 0.840. The van der Waals surface area contributed by atoms with E-state index in [-0.39, 0.29) is 0 Å². The number of imidazole rings is 1. The molecule has 0 saturated carbocycles. The fourth-order valence-corrected chi connectivity index (χ4v) is 1.53. The van der Waals surface area contributed by atoms with E-state index >= 15 is 0 Å². The highest BCUT2D eigenvalue weighted by atomic mass is 79.9. The fourth-order valence-electron chi connectivity index (χ4n) is 1.02. The molecule has 1 aromatic rings. The van der Waals surface area contributed by atoms with Gasteiger partial charge >= 0.3 is 0 Å². The van der Waals surface area contributed by atoms with Crippen molar-refractivity contribution in [2.75, 3.05) is 0 Å². The van der Waals surface area contributed by atoms with E-state index in [0.717, 1.165) is 10.4 Å². The van der Waals surface area contributed by atoms with Gasteiger partial charge in [-0.05, 0) is 29.8 Å². The smallest absolute Gasteiger partial charge is 0.124 e. The van der Waals surface area contributed by atoms with Gasteiger partial charge in [-0.3, -0.25) is 0 Å². The van der Waals surface area contributed by atoms with E-state index in [9.17, 15) is 5.11 Å². The molecule has 0 amide bonds. The van der Waals surface area contributed by atoms with Crippen LogP contribution in [-0.4, -0.2) is 20.3 Å². The monoisotopic (exact) mass is 232 g/mol. The Morgan fingerprint density at radius 3 is 2.58 bits per heavy atom. The number of hydrogen-bond acceptors (Lipinski definition) is 2. The summed E-state index contributed by atoms with van der Waals surface area (Å²) in [6.07, 6.45) is 2.44. The highest BCUT2D eigenvalue weighted by Gasteiger charge is 2.16. The van der Waals surface area contributed by atoms with Gasteiger partial charge in [0.1, 0.15) is 10.4 Å². The van der Waals surface area contributed by atoms with Crippen LogP contribution in [0.5, 0.6) is 0 Å². The molecule has 0 aliphatic heterocycles. The molecule has 1 aromatic heterocycles. The van der Waals surface area contributed by atoms with Gasteiger partial charge in [0.15, 0.2) is 0 Å². The van der Waals surface area contributed by atoms with Crippen molar-refractivity contribution in [2.45, 2.75) is 25.9 Å². The molecule has 1 heterocycles. The Morgan fingerprint density at radius 2 is 2.25 bits per heavy atom. The molecule has 0 spiro atoms. The minimum atomic E-state index is -0.696. The van der Waals surface area contributed by atoms with E-state index in [1.54, 1.807) is 13.8 Å². The maximum Gasteiger partial charge on any atom is 0.124 e. The molecule has 12 heavy (non-hydrogen) atoms. The normalized spacial score (nSPS) is 12.1. The predicted molar refractivity (Wildman–Crippen MR) is 50.9 cm³/mol. The van der Waals surface area contributed by atoms with Crippen LogP contribution in [0.1, 0.15) is 19.7 Å². The minimum absolute atomic E-state index is 0.565. The van der Waals surface area contributed by atoms with Crippen LogP contribution in [0.4, 0.5) is 0 Å². The molecule has 0 saturated heterocycles. The fraction of sp³-hybridized carbons (Fsp3) is 0.625. The summed E-state index contributed by atoms with van der Waals surface area (Å²) in [5.41, 5.74) is -0.696. The van der Waals surface area contributed by atoms with Gasteiger partial charge in [0.05, 0.1) is 5.60 Å². The van der Waals surface area contributed by atoms with Crippen LogP contribution >= 0.6 is 15.9 Å². The summed E-state index contributed by atoms with van der Waals surface area (Å²) in [5.74, 6) is 0.884. The van der Waals surface area contributed by atoms with E-state index < -0.39 is 5.60 Å². The third kappa shape index (κ3) is 2.60. The van der Waals surface area contributed by atoms with E-state index in [1.165, 1.54) is 0 Å². The van der Waals surface area contributed by atoms with Gasteiger partial charge < -0.3 is 9.67 Å². The zero-order chi connectivity index (χ0) is 9.35. The first-order valence-corrected chi connectivity index (χ1v) is 4.58. The van der Waals surface area contributed by atoms with Gasteiger partial charge in [0.25, 0.3) is 0 Å². The second-order valence-electron chi connectivity index (χ2n) is 3.58. The molecule has 0 radical (unpaired) electrons.